The highest BCUT2D eigenvalue weighted by Crippen LogP contribution is 2.39. The first kappa shape index (κ1) is 22.1. The van der Waals surface area contributed by atoms with E-state index in [0.29, 0.717) is 12.5 Å². The minimum absolute atomic E-state index is 0.0767. The quantitative estimate of drug-likeness (QED) is 0.538. The highest BCUT2D eigenvalue weighted by Gasteiger charge is 2.52. The summed E-state index contributed by atoms with van der Waals surface area (Å²) < 4.78 is 0. The van der Waals surface area contributed by atoms with Crippen LogP contribution >= 0.6 is 0 Å². The molecule has 0 unspecified atom stereocenters. The van der Waals surface area contributed by atoms with Gasteiger partial charge in [-0.3, -0.25) is 15.1 Å². The zero-order valence-electron chi connectivity index (χ0n) is 18.9. The van der Waals surface area contributed by atoms with Crippen LogP contribution in [0.25, 0.3) is 0 Å². The van der Waals surface area contributed by atoms with Gasteiger partial charge in [0.05, 0.1) is 12.1 Å². The largest absolute Gasteiger partial charge is 0.388 e. The van der Waals surface area contributed by atoms with Gasteiger partial charge in [-0.15, -0.1) is 0 Å². The smallest absolute Gasteiger partial charge is 0.255 e. The molecule has 0 radical (unpaired) electrons. The summed E-state index contributed by atoms with van der Waals surface area (Å²) in [5.41, 5.74) is -1.42. The van der Waals surface area contributed by atoms with Crippen LogP contribution in [0.5, 0.6) is 0 Å². The Morgan fingerprint density at radius 3 is 2.10 bits per heavy atom. The Kier molecular flexibility index (Phi) is 7.06. The number of rotatable bonds is 7. The summed E-state index contributed by atoms with van der Waals surface area (Å²) in [4.78, 5) is 15.4. The zero-order chi connectivity index (χ0) is 21.0. The Hall–Kier alpha value is -1.10. The van der Waals surface area contributed by atoms with E-state index in [9.17, 15) is 9.90 Å². The lowest BCUT2D eigenvalue weighted by molar-refractivity contribution is -0.135. The molecule has 5 heteroatoms. The van der Waals surface area contributed by atoms with Crippen molar-refractivity contribution in [3.8, 4) is 0 Å². The van der Waals surface area contributed by atoms with Crippen LogP contribution in [0.1, 0.15) is 116 Å². The van der Waals surface area contributed by atoms with Crippen molar-refractivity contribution in [1.82, 2.24) is 10.2 Å². The number of nitrogens with one attached hydrogen (secondary N) is 2. The van der Waals surface area contributed by atoms with E-state index in [-0.39, 0.29) is 11.9 Å². The fraction of sp³-hybridized carbons (Fsp3) is 0.920. The number of carbonyl (C=O) groups excluding carboxylic acids is 1. The average molecular weight is 418 g/mol. The van der Waals surface area contributed by atoms with E-state index in [2.05, 4.69) is 5.32 Å². The number of nitrogens with zero attached hydrogens (tertiary/aromatic N) is 1. The van der Waals surface area contributed by atoms with Gasteiger partial charge in [-0.05, 0) is 43.9 Å². The number of carbonyl (C=O) groups is 1. The molecule has 3 saturated carbocycles. The Balaban J connectivity index is 1.48. The van der Waals surface area contributed by atoms with Crippen molar-refractivity contribution < 1.29 is 9.90 Å². The molecule has 30 heavy (non-hydrogen) atoms. The molecule has 1 saturated heterocycles. The number of β-amino-alcohol motifs (C(OH)–C–C–N with tert-alkyl or cyclic N) is 1. The molecule has 4 rings (SSSR count). The lowest BCUT2D eigenvalue weighted by Crippen LogP contribution is -2.51. The van der Waals surface area contributed by atoms with Crippen molar-refractivity contribution in [2.75, 3.05) is 6.54 Å². The Morgan fingerprint density at radius 2 is 1.47 bits per heavy atom. The van der Waals surface area contributed by atoms with E-state index in [1.807, 2.05) is 0 Å². The molecule has 3 N–H and O–H groups in total. The van der Waals surface area contributed by atoms with Crippen molar-refractivity contribution in [3.63, 3.8) is 0 Å². The van der Waals surface area contributed by atoms with E-state index in [4.69, 9.17) is 5.41 Å². The van der Waals surface area contributed by atoms with Crippen molar-refractivity contribution in [2.24, 2.45) is 11.8 Å². The average Bonchev–Trinajstić information content (AvgIpc) is 2.98. The topological polar surface area (TPSA) is 76.4 Å². The van der Waals surface area contributed by atoms with Gasteiger partial charge in [0.1, 0.15) is 5.54 Å². The predicted molar refractivity (Wildman–Crippen MR) is 120 cm³/mol. The summed E-state index contributed by atoms with van der Waals surface area (Å²) >= 11 is 0. The lowest BCUT2D eigenvalue weighted by atomic mass is 9.75. The molecular formula is C25H43N3O2. The van der Waals surface area contributed by atoms with E-state index in [1.165, 1.54) is 70.6 Å². The molecule has 1 amide bonds. The lowest BCUT2D eigenvalue weighted by Gasteiger charge is -2.36. The molecule has 3 aliphatic carbocycles. The molecule has 1 aliphatic heterocycles. The molecule has 170 valence electrons. The predicted octanol–water partition coefficient (Wildman–Crippen LogP) is 5.12. The molecule has 1 atom stereocenters. The van der Waals surface area contributed by atoms with Gasteiger partial charge in [0, 0.05) is 0 Å². The first-order chi connectivity index (χ1) is 14.5. The minimum atomic E-state index is -0.813. The van der Waals surface area contributed by atoms with Crippen molar-refractivity contribution in [1.29, 1.82) is 5.41 Å². The van der Waals surface area contributed by atoms with Gasteiger partial charge in [0.15, 0.2) is 5.96 Å². The van der Waals surface area contributed by atoms with Crippen LogP contribution in [-0.4, -0.2) is 39.6 Å². The summed E-state index contributed by atoms with van der Waals surface area (Å²) in [6, 6.07) is 0. The second-order valence-corrected chi connectivity index (χ2v) is 11.0. The molecule has 0 aromatic carbocycles. The van der Waals surface area contributed by atoms with E-state index in [1.54, 1.807) is 4.90 Å². The molecule has 1 heterocycles. The number of aliphatic hydroxyl groups is 1. The summed E-state index contributed by atoms with van der Waals surface area (Å²) in [6.45, 7) is 0.299. The van der Waals surface area contributed by atoms with Crippen LogP contribution < -0.4 is 5.32 Å². The Bertz CT molecular complexity index is 604. The highest BCUT2D eigenvalue weighted by atomic mass is 16.3. The van der Waals surface area contributed by atoms with Gasteiger partial charge in [0.25, 0.3) is 5.91 Å². The standard InChI is InChI=1S/C25H43N3O2/c26-23-27-25(18-21-12-6-2-7-13-21,17-14-20-10-4-1-5-11-20)22(29)28(23)19-24(30)15-8-3-9-16-24/h20-21,30H,1-19H2,(H2,26,27)/t25-/m1/s1. The zero-order valence-corrected chi connectivity index (χ0v) is 18.9. The van der Waals surface area contributed by atoms with Crippen molar-refractivity contribution in [3.05, 3.63) is 0 Å². The van der Waals surface area contributed by atoms with Gasteiger partial charge >= 0.3 is 0 Å². The maximum atomic E-state index is 13.8. The molecule has 0 bridgehead atoms. The fourth-order valence-corrected chi connectivity index (χ4v) is 6.74. The van der Waals surface area contributed by atoms with Crippen LogP contribution in [0.15, 0.2) is 0 Å². The summed E-state index contributed by atoms with van der Waals surface area (Å²) in [5, 5.41) is 23.1. The van der Waals surface area contributed by atoms with Crippen molar-refractivity contribution in [2.45, 2.75) is 127 Å². The maximum Gasteiger partial charge on any atom is 0.255 e. The maximum absolute atomic E-state index is 13.8. The van der Waals surface area contributed by atoms with Gasteiger partial charge in [-0.1, -0.05) is 83.5 Å². The molecule has 4 fully saturated rings. The molecule has 0 spiro atoms. The SMILES string of the molecule is N=C1N[C@](CCC2CCCCC2)(CC2CCCCC2)C(=O)N1CC1(O)CCCCC1. The van der Waals surface area contributed by atoms with E-state index < -0.39 is 11.1 Å². The normalized spacial score (nSPS) is 31.2. The second kappa shape index (κ2) is 9.58. The third kappa shape index (κ3) is 5.03. The first-order valence-electron chi connectivity index (χ1n) is 12.9. The van der Waals surface area contributed by atoms with Gasteiger partial charge in [0.2, 0.25) is 0 Å². The molecular weight excluding hydrogens is 374 g/mol. The van der Waals surface area contributed by atoms with Gasteiger partial charge in [-0.2, -0.15) is 0 Å². The van der Waals surface area contributed by atoms with Crippen LogP contribution in [0.2, 0.25) is 0 Å². The third-order valence-electron chi connectivity index (χ3n) is 8.58. The summed E-state index contributed by atoms with van der Waals surface area (Å²) in [7, 11) is 0. The monoisotopic (exact) mass is 417 g/mol. The van der Waals surface area contributed by atoms with E-state index >= 15 is 0 Å². The summed E-state index contributed by atoms with van der Waals surface area (Å²) in [6.07, 6.45) is 20.5. The van der Waals surface area contributed by atoms with Gasteiger partial charge < -0.3 is 10.4 Å². The minimum Gasteiger partial charge on any atom is -0.388 e. The number of guanidine groups is 1. The molecule has 0 aromatic heterocycles. The number of amides is 1. The third-order valence-corrected chi connectivity index (χ3v) is 8.58. The first-order valence-corrected chi connectivity index (χ1v) is 12.9. The summed E-state index contributed by atoms with van der Waals surface area (Å²) in [5.74, 6) is 1.64. The van der Waals surface area contributed by atoms with Crippen LogP contribution in [0.3, 0.4) is 0 Å². The second-order valence-electron chi connectivity index (χ2n) is 11.0. The van der Waals surface area contributed by atoms with Crippen LogP contribution in [0, 0.1) is 17.2 Å². The highest BCUT2D eigenvalue weighted by molar-refractivity contribution is 6.08. The number of hydrogen-bond donors (Lipinski definition) is 3. The molecule has 4 aliphatic rings. The van der Waals surface area contributed by atoms with Crippen LogP contribution in [0.4, 0.5) is 0 Å². The van der Waals surface area contributed by atoms with Crippen LogP contribution in [-0.2, 0) is 4.79 Å². The molecule has 0 aromatic rings. The number of hydrogen-bond acceptors (Lipinski definition) is 3. The van der Waals surface area contributed by atoms with Crippen molar-refractivity contribution >= 4 is 11.9 Å². The van der Waals surface area contributed by atoms with Gasteiger partial charge in [-0.25, -0.2) is 0 Å². The fourth-order valence-electron chi connectivity index (χ4n) is 6.74. The molecule has 5 nitrogen and oxygen atoms in total. The van der Waals surface area contributed by atoms with E-state index in [0.717, 1.165) is 50.9 Å². The Morgan fingerprint density at radius 1 is 0.900 bits per heavy atom. The Labute approximate surface area is 182 Å².